The number of rotatable bonds is 6. The molecule has 2 aromatic carbocycles. The number of hydrogen-bond acceptors (Lipinski definition) is 5. The van der Waals surface area contributed by atoms with E-state index in [1.807, 2.05) is 0 Å². The van der Waals surface area contributed by atoms with Crippen LogP contribution in [0.1, 0.15) is 11.1 Å². The molecule has 2 heterocycles. The minimum absolute atomic E-state index is 0.0458. The maximum atomic E-state index is 13.3. The average molecular weight is 519 g/mol. The minimum atomic E-state index is -4.64. The molecule has 0 spiro atoms. The number of amides is 1. The summed E-state index contributed by atoms with van der Waals surface area (Å²) in [7, 11) is 1.50. The quantitative estimate of drug-likeness (QED) is 0.417. The molecule has 1 amide bonds. The standard InChI is InChI=1S/C24H18ClF3N4O4/c1-36-16-7-4-14(5-8-16)12-32-22(34)21-19(3-2-10-29-21)31(23(32)35)13-20(33)30-18-11-15(24(26,27)28)6-9-17(18)25/h2-11H,12-13H2,1H3,(H,30,33). The summed E-state index contributed by atoms with van der Waals surface area (Å²) >= 11 is 5.96. The van der Waals surface area contributed by atoms with Gasteiger partial charge in [-0.1, -0.05) is 23.7 Å². The molecule has 4 rings (SSSR count). The van der Waals surface area contributed by atoms with Gasteiger partial charge in [-0.05, 0) is 48.0 Å². The van der Waals surface area contributed by atoms with Crippen LogP contribution in [0, 0.1) is 0 Å². The molecule has 0 aliphatic carbocycles. The van der Waals surface area contributed by atoms with Gasteiger partial charge in [0.05, 0.1) is 35.4 Å². The molecule has 0 aliphatic heterocycles. The third-order valence-electron chi connectivity index (χ3n) is 5.36. The Balaban J connectivity index is 1.71. The van der Waals surface area contributed by atoms with E-state index in [-0.39, 0.29) is 28.3 Å². The summed E-state index contributed by atoms with van der Waals surface area (Å²) in [4.78, 5) is 43.2. The lowest BCUT2D eigenvalue weighted by Gasteiger charge is -2.15. The van der Waals surface area contributed by atoms with Crippen molar-refractivity contribution in [1.82, 2.24) is 14.1 Å². The summed E-state index contributed by atoms with van der Waals surface area (Å²) < 4.78 is 46.3. The fourth-order valence-electron chi connectivity index (χ4n) is 3.58. The molecule has 186 valence electrons. The van der Waals surface area contributed by atoms with E-state index < -0.39 is 35.4 Å². The molecular weight excluding hydrogens is 501 g/mol. The highest BCUT2D eigenvalue weighted by Gasteiger charge is 2.31. The predicted octanol–water partition coefficient (Wildman–Crippen LogP) is 3.93. The number of fused-ring (bicyclic) bond motifs is 1. The van der Waals surface area contributed by atoms with Crippen LogP contribution in [-0.2, 0) is 24.1 Å². The molecule has 0 radical (unpaired) electrons. The Bertz CT molecular complexity index is 1560. The predicted molar refractivity (Wildman–Crippen MR) is 127 cm³/mol. The number of aromatic nitrogens is 3. The van der Waals surface area contributed by atoms with Crippen molar-refractivity contribution in [3.63, 3.8) is 0 Å². The van der Waals surface area contributed by atoms with E-state index in [0.29, 0.717) is 17.4 Å². The molecule has 12 heteroatoms. The first-order valence-electron chi connectivity index (χ1n) is 10.5. The first-order valence-corrected chi connectivity index (χ1v) is 10.8. The molecule has 36 heavy (non-hydrogen) atoms. The zero-order chi connectivity index (χ0) is 26.0. The Morgan fingerprint density at radius 2 is 1.81 bits per heavy atom. The number of alkyl halides is 3. The van der Waals surface area contributed by atoms with Crippen molar-refractivity contribution in [2.45, 2.75) is 19.3 Å². The van der Waals surface area contributed by atoms with Crippen LogP contribution in [-0.4, -0.2) is 27.1 Å². The van der Waals surface area contributed by atoms with Gasteiger partial charge in [0, 0.05) is 6.20 Å². The number of nitrogens with zero attached hydrogens (tertiary/aromatic N) is 3. The van der Waals surface area contributed by atoms with Crippen molar-refractivity contribution in [3.8, 4) is 5.75 Å². The van der Waals surface area contributed by atoms with Gasteiger partial charge in [0.25, 0.3) is 5.56 Å². The summed E-state index contributed by atoms with van der Waals surface area (Å²) in [5.74, 6) is -0.230. The van der Waals surface area contributed by atoms with Gasteiger partial charge in [-0.2, -0.15) is 13.2 Å². The largest absolute Gasteiger partial charge is 0.497 e. The van der Waals surface area contributed by atoms with E-state index in [1.165, 1.54) is 25.4 Å². The number of benzene rings is 2. The number of carbonyl (C=O) groups is 1. The zero-order valence-electron chi connectivity index (χ0n) is 18.7. The molecule has 0 fully saturated rings. The molecule has 0 atom stereocenters. The van der Waals surface area contributed by atoms with Crippen LogP contribution in [0.4, 0.5) is 18.9 Å². The summed E-state index contributed by atoms with van der Waals surface area (Å²) in [6.07, 6.45) is -3.27. The summed E-state index contributed by atoms with van der Waals surface area (Å²) in [5, 5.41) is 2.20. The van der Waals surface area contributed by atoms with Gasteiger partial charge in [-0.25, -0.2) is 9.78 Å². The lowest BCUT2D eigenvalue weighted by Crippen LogP contribution is -2.42. The second-order valence-corrected chi connectivity index (χ2v) is 8.13. The Morgan fingerprint density at radius 1 is 1.08 bits per heavy atom. The Labute approximate surface area is 206 Å². The van der Waals surface area contributed by atoms with E-state index in [9.17, 15) is 27.6 Å². The maximum Gasteiger partial charge on any atom is 0.416 e. The third kappa shape index (κ3) is 5.10. The molecule has 1 N–H and O–H groups in total. The van der Waals surface area contributed by atoms with E-state index in [4.69, 9.17) is 16.3 Å². The van der Waals surface area contributed by atoms with Crippen molar-refractivity contribution < 1.29 is 22.7 Å². The average Bonchev–Trinajstić information content (AvgIpc) is 2.85. The second kappa shape index (κ2) is 9.86. The van der Waals surface area contributed by atoms with Crippen LogP contribution < -0.4 is 21.3 Å². The molecular formula is C24H18ClF3N4O4. The highest BCUT2D eigenvalue weighted by Crippen LogP contribution is 2.33. The molecule has 4 aromatic rings. The minimum Gasteiger partial charge on any atom is -0.497 e. The van der Waals surface area contributed by atoms with E-state index >= 15 is 0 Å². The number of anilines is 1. The van der Waals surface area contributed by atoms with Gasteiger partial charge >= 0.3 is 11.9 Å². The van der Waals surface area contributed by atoms with Gasteiger partial charge in [-0.15, -0.1) is 0 Å². The summed E-state index contributed by atoms with van der Waals surface area (Å²) in [6, 6.07) is 12.2. The van der Waals surface area contributed by atoms with Crippen LogP contribution in [0.25, 0.3) is 11.0 Å². The molecule has 2 aromatic heterocycles. The third-order valence-corrected chi connectivity index (χ3v) is 5.69. The number of nitrogens with one attached hydrogen (secondary N) is 1. The maximum absolute atomic E-state index is 13.3. The monoisotopic (exact) mass is 518 g/mol. The highest BCUT2D eigenvalue weighted by atomic mass is 35.5. The molecule has 0 bridgehead atoms. The van der Waals surface area contributed by atoms with Crippen LogP contribution in [0.5, 0.6) is 5.75 Å². The molecule has 0 saturated carbocycles. The van der Waals surface area contributed by atoms with Crippen molar-refractivity contribution in [2.24, 2.45) is 0 Å². The van der Waals surface area contributed by atoms with Crippen molar-refractivity contribution in [1.29, 1.82) is 0 Å². The van der Waals surface area contributed by atoms with Crippen LogP contribution >= 0.6 is 11.6 Å². The van der Waals surface area contributed by atoms with Gasteiger partial charge in [-0.3, -0.25) is 18.7 Å². The summed E-state index contributed by atoms with van der Waals surface area (Å²) in [6.45, 7) is -0.703. The van der Waals surface area contributed by atoms with Crippen molar-refractivity contribution in [3.05, 3.63) is 97.8 Å². The van der Waals surface area contributed by atoms with Gasteiger partial charge in [0.1, 0.15) is 12.3 Å². The number of carbonyl (C=O) groups excluding carboxylic acids is 1. The number of methoxy groups -OCH3 is 1. The second-order valence-electron chi connectivity index (χ2n) is 7.72. The highest BCUT2D eigenvalue weighted by molar-refractivity contribution is 6.33. The molecule has 8 nitrogen and oxygen atoms in total. The Kier molecular flexibility index (Phi) is 6.84. The van der Waals surface area contributed by atoms with E-state index in [0.717, 1.165) is 21.3 Å². The van der Waals surface area contributed by atoms with Gasteiger partial charge < -0.3 is 10.1 Å². The first kappa shape index (κ1) is 25.0. The Hall–Kier alpha value is -4.12. The lowest BCUT2D eigenvalue weighted by molar-refractivity contribution is -0.137. The van der Waals surface area contributed by atoms with Crippen LogP contribution in [0.2, 0.25) is 5.02 Å². The Morgan fingerprint density at radius 3 is 2.47 bits per heavy atom. The SMILES string of the molecule is COc1ccc(Cn2c(=O)c3ncccc3n(CC(=O)Nc3cc(C(F)(F)F)ccc3Cl)c2=O)cc1. The van der Waals surface area contributed by atoms with E-state index in [1.54, 1.807) is 24.3 Å². The summed E-state index contributed by atoms with van der Waals surface area (Å²) in [5.41, 5.74) is -2.03. The first-order chi connectivity index (χ1) is 17.1. The molecule has 0 saturated heterocycles. The van der Waals surface area contributed by atoms with Crippen molar-refractivity contribution >= 4 is 34.2 Å². The van der Waals surface area contributed by atoms with Crippen LogP contribution in [0.3, 0.4) is 0 Å². The van der Waals surface area contributed by atoms with Crippen molar-refractivity contribution in [2.75, 3.05) is 12.4 Å². The number of pyridine rings is 1. The van der Waals surface area contributed by atoms with Gasteiger partial charge in [0.15, 0.2) is 5.52 Å². The fraction of sp³-hybridized carbons (Fsp3) is 0.167. The van der Waals surface area contributed by atoms with Gasteiger partial charge in [0.2, 0.25) is 5.91 Å². The molecule has 0 aliphatic rings. The topological polar surface area (TPSA) is 95.2 Å². The smallest absolute Gasteiger partial charge is 0.416 e. The lowest BCUT2D eigenvalue weighted by atomic mass is 10.2. The number of ether oxygens (including phenoxy) is 1. The normalized spacial score (nSPS) is 11.5. The number of hydrogen-bond donors (Lipinski definition) is 1. The molecule has 0 unspecified atom stereocenters. The number of halogens is 4. The fourth-order valence-corrected chi connectivity index (χ4v) is 3.74. The van der Waals surface area contributed by atoms with E-state index in [2.05, 4.69) is 10.3 Å². The zero-order valence-corrected chi connectivity index (χ0v) is 19.4. The van der Waals surface area contributed by atoms with Crippen LogP contribution in [0.15, 0.2) is 70.4 Å².